The van der Waals surface area contributed by atoms with Gasteiger partial charge < -0.3 is 20.1 Å². The molecule has 2 aromatic carbocycles. The first-order valence-corrected chi connectivity index (χ1v) is 10.2. The molecule has 0 spiro atoms. The molecule has 1 atom stereocenters. The normalized spacial score (nSPS) is 14.6. The highest BCUT2D eigenvalue weighted by Gasteiger charge is 2.22. The third kappa shape index (κ3) is 5.40. The number of carbonyl (C=O) groups excluding carboxylic acids is 2. The fourth-order valence-corrected chi connectivity index (χ4v) is 3.44. The van der Waals surface area contributed by atoms with Crippen LogP contribution in [-0.2, 0) is 16.0 Å². The van der Waals surface area contributed by atoms with Crippen molar-refractivity contribution in [3.05, 3.63) is 77.7 Å². The maximum absolute atomic E-state index is 13.5. The standard InChI is InChI=1S/C24H22FN3O4/c1-15(29)26-13-23(30)28-20-6-8-24(27-12-20)32-21-7-5-17-9-18(14-31-22(17)11-21)16-3-2-4-19(25)10-16/h2-8,10-12,18H,9,13-14H2,1H3,(H,26,29)(H,28,30). The summed E-state index contributed by atoms with van der Waals surface area (Å²) in [6.07, 6.45) is 2.23. The van der Waals surface area contributed by atoms with E-state index < -0.39 is 0 Å². The molecular formula is C24H22FN3O4. The summed E-state index contributed by atoms with van der Waals surface area (Å²) >= 11 is 0. The van der Waals surface area contributed by atoms with Gasteiger partial charge in [0.25, 0.3) is 0 Å². The molecule has 1 aliphatic rings. The lowest BCUT2D eigenvalue weighted by Crippen LogP contribution is -2.31. The van der Waals surface area contributed by atoms with Crippen LogP contribution in [0.25, 0.3) is 0 Å². The maximum atomic E-state index is 13.5. The number of amides is 2. The molecule has 0 radical (unpaired) electrons. The second kappa shape index (κ2) is 9.47. The summed E-state index contributed by atoms with van der Waals surface area (Å²) in [5.41, 5.74) is 2.44. The van der Waals surface area contributed by atoms with Crippen LogP contribution in [0.2, 0.25) is 0 Å². The predicted octanol–water partition coefficient (Wildman–Crippen LogP) is 3.81. The van der Waals surface area contributed by atoms with E-state index in [2.05, 4.69) is 15.6 Å². The molecule has 0 fully saturated rings. The number of rotatable bonds is 6. The Morgan fingerprint density at radius 1 is 1.19 bits per heavy atom. The molecule has 0 saturated heterocycles. The van der Waals surface area contributed by atoms with Gasteiger partial charge in [-0.3, -0.25) is 9.59 Å². The van der Waals surface area contributed by atoms with E-state index in [0.29, 0.717) is 23.9 Å². The van der Waals surface area contributed by atoms with E-state index in [4.69, 9.17) is 9.47 Å². The average Bonchev–Trinajstić information content (AvgIpc) is 2.79. The van der Waals surface area contributed by atoms with Crippen LogP contribution in [0.1, 0.15) is 24.0 Å². The highest BCUT2D eigenvalue weighted by molar-refractivity contribution is 5.94. The van der Waals surface area contributed by atoms with E-state index in [-0.39, 0.29) is 30.1 Å². The van der Waals surface area contributed by atoms with Crippen molar-refractivity contribution < 1.29 is 23.5 Å². The van der Waals surface area contributed by atoms with Crippen molar-refractivity contribution in [1.82, 2.24) is 10.3 Å². The zero-order chi connectivity index (χ0) is 22.5. The number of pyridine rings is 1. The Balaban J connectivity index is 1.37. The molecule has 2 amide bonds. The van der Waals surface area contributed by atoms with Gasteiger partial charge in [-0.25, -0.2) is 9.37 Å². The molecule has 8 heteroatoms. The number of carbonyl (C=O) groups is 2. The molecule has 7 nitrogen and oxygen atoms in total. The average molecular weight is 435 g/mol. The zero-order valence-electron chi connectivity index (χ0n) is 17.4. The minimum atomic E-state index is -0.348. The quantitative estimate of drug-likeness (QED) is 0.615. The largest absolute Gasteiger partial charge is 0.493 e. The van der Waals surface area contributed by atoms with Crippen LogP contribution >= 0.6 is 0 Å². The lowest BCUT2D eigenvalue weighted by molar-refractivity contribution is -0.122. The maximum Gasteiger partial charge on any atom is 0.243 e. The molecular weight excluding hydrogens is 413 g/mol. The summed E-state index contributed by atoms with van der Waals surface area (Å²) in [7, 11) is 0. The Kier molecular flexibility index (Phi) is 6.30. The first kappa shape index (κ1) is 21.3. The number of benzene rings is 2. The lowest BCUT2D eigenvalue weighted by atomic mass is 9.90. The number of ether oxygens (including phenoxy) is 2. The third-order valence-corrected chi connectivity index (χ3v) is 5.01. The second-order valence-electron chi connectivity index (χ2n) is 7.48. The molecule has 32 heavy (non-hydrogen) atoms. The summed E-state index contributed by atoms with van der Waals surface area (Å²) < 4.78 is 25.2. The van der Waals surface area contributed by atoms with Gasteiger partial charge >= 0.3 is 0 Å². The third-order valence-electron chi connectivity index (χ3n) is 5.01. The van der Waals surface area contributed by atoms with Gasteiger partial charge in [0, 0.05) is 25.0 Å². The number of aromatic nitrogens is 1. The van der Waals surface area contributed by atoms with Crippen molar-refractivity contribution in [3.8, 4) is 17.4 Å². The van der Waals surface area contributed by atoms with Gasteiger partial charge in [0.05, 0.1) is 25.0 Å². The molecule has 1 unspecified atom stereocenters. The summed E-state index contributed by atoms with van der Waals surface area (Å²) in [5, 5.41) is 5.06. The Morgan fingerprint density at radius 3 is 2.81 bits per heavy atom. The molecule has 0 saturated carbocycles. The van der Waals surface area contributed by atoms with Crippen LogP contribution in [-0.4, -0.2) is 29.9 Å². The fourth-order valence-electron chi connectivity index (χ4n) is 3.44. The monoisotopic (exact) mass is 435 g/mol. The molecule has 0 bridgehead atoms. The summed E-state index contributed by atoms with van der Waals surface area (Å²) in [6, 6.07) is 15.5. The Hall–Kier alpha value is -3.94. The van der Waals surface area contributed by atoms with Gasteiger partial charge in [0.2, 0.25) is 17.7 Å². The van der Waals surface area contributed by atoms with Gasteiger partial charge in [0.1, 0.15) is 17.3 Å². The molecule has 164 valence electrons. The van der Waals surface area contributed by atoms with E-state index in [1.165, 1.54) is 19.2 Å². The van der Waals surface area contributed by atoms with Crippen LogP contribution in [0, 0.1) is 5.82 Å². The van der Waals surface area contributed by atoms with Crippen molar-refractivity contribution >= 4 is 17.5 Å². The van der Waals surface area contributed by atoms with Crippen LogP contribution < -0.4 is 20.1 Å². The number of halogens is 1. The van der Waals surface area contributed by atoms with Crippen molar-refractivity contribution in [2.75, 3.05) is 18.5 Å². The van der Waals surface area contributed by atoms with Crippen molar-refractivity contribution in [2.24, 2.45) is 0 Å². The van der Waals surface area contributed by atoms with E-state index in [0.717, 1.165) is 23.3 Å². The lowest BCUT2D eigenvalue weighted by Gasteiger charge is -2.26. The minimum absolute atomic E-state index is 0.0973. The minimum Gasteiger partial charge on any atom is -0.493 e. The topological polar surface area (TPSA) is 89.6 Å². The molecule has 1 aliphatic heterocycles. The smallest absolute Gasteiger partial charge is 0.243 e. The zero-order valence-corrected chi connectivity index (χ0v) is 17.4. The second-order valence-corrected chi connectivity index (χ2v) is 7.48. The summed E-state index contributed by atoms with van der Waals surface area (Å²) in [6.45, 7) is 1.70. The van der Waals surface area contributed by atoms with Crippen LogP contribution in [0.15, 0.2) is 60.8 Å². The SMILES string of the molecule is CC(=O)NCC(=O)Nc1ccc(Oc2ccc3c(c2)OCC(c2cccc(F)c2)C3)nc1. The highest BCUT2D eigenvalue weighted by Crippen LogP contribution is 2.36. The number of anilines is 1. The molecule has 3 aromatic rings. The van der Waals surface area contributed by atoms with Gasteiger partial charge in [-0.2, -0.15) is 0 Å². The number of hydrogen-bond acceptors (Lipinski definition) is 5. The fraction of sp³-hybridized carbons (Fsp3) is 0.208. The predicted molar refractivity (Wildman–Crippen MR) is 116 cm³/mol. The Labute approximate surface area is 184 Å². The van der Waals surface area contributed by atoms with E-state index in [1.807, 2.05) is 24.3 Å². The summed E-state index contributed by atoms with van der Waals surface area (Å²) in [5.74, 6) is 0.889. The highest BCUT2D eigenvalue weighted by atomic mass is 19.1. The van der Waals surface area contributed by atoms with E-state index >= 15 is 0 Å². The van der Waals surface area contributed by atoms with Crippen LogP contribution in [0.3, 0.4) is 0 Å². The van der Waals surface area contributed by atoms with Crippen molar-refractivity contribution in [1.29, 1.82) is 0 Å². The van der Waals surface area contributed by atoms with E-state index in [1.54, 1.807) is 24.3 Å². The first-order valence-electron chi connectivity index (χ1n) is 10.2. The Morgan fingerprint density at radius 2 is 2.06 bits per heavy atom. The van der Waals surface area contributed by atoms with Crippen molar-refractivity contribution in [2.45, 2.75) is 19.3 Å². The molecule has 0 aliphatic carbocycles. The molecule has 4 rings (SSSR count). The van der Waals surface area contributed by atoms with Crippen molar-refractivity contribution in [3.63, 3.8) is 0 Å². The van der Waals surface area contributed by atoms with Gasteiger partial charge in [-0.05, 0) is 41.8 Å². The summed E-state index contributed by atoms with van der Waals surface area (Å²) in [4.78, 5) is 26.8. The number of nitrogens with one attached hydrogen (secondary N) is 2. The number of hydrogen-bond donors (Lipinski definition) is 2. The number of nitrogens with zero attached hydrogens (tertiary/aromatic N) is 1. The Bertz CT molecular complexity index is 1130. The van der Waals surface area contributed by atoms with Gasteiger partial charge in [-0.1, -0.05) is 18.2 Å². The number of fused-ring (bicyclic) bond motifs is 1. The molecule has 2 heterocycles. The molecule has 1 aromatic heterocycles. The van der Waals surface area contributed by atoms with Crippen LogP contribution in [0.4, 0.5) is 10.1 Å². The molecule has 2 N–H and O–H groups in total. The van der Waals surface area contributed by atoms with E-state index in [9.17, 15) is 14.0 Å². The van der Waals surface area contributed by atoms with Gasteiger partial charge in [0.15, 0.2) is 0 Å². The first-order chi connectivity index (χ1) is 15.5. The van der Waals surface area contributed by atoms with Crippen LogP contribution in [0.5, 0.6) is 17.4 Å². The van der Waals surface area contributed by atoms with Gasteiger partial charge in [-0.15, -0.1) is 0 Å².